The Kier molecular flexibility index (Phi) is 5.28. The van der Waals surface area contributed by atoms with E-state index in [4.69, 9.17) is 27.6 Å². The smallest absolute Gasteiger partial charge is 0.212 e. The van der Waals surface area contributed by atoms with Crippen molar-refractivity contribution in [1.82, 2.24) is 14.9 Å². The summed E-state index contributed by atoms with van der Waals surface area (Å²) in [7, 11) is 0. The predicted octanol–water partition coefficient (Wildman–Crippen LogP) is 4.97. The maximum absolute atomic E-state index is 6.20. The van der Waals surface area contributed by atoms with Gasteiger partial charge in [0.2, 0.25) is 5.16 Å². The Morgan fingerprint density at radius 1 is 1.21 bits per heavy atom. The fourth-order valence-corrected chi connectivity index (χ4v) is 3.47. The number of halogens is 2. The van der Waals surface area contributed by atoms with Gasteiger partial charge in [-0.25, -0.2) is 0 Å². The molecule has 5 nitrogen and oxygen atoms in total. The summed E-state index contributed by atoms with van der Waals surface area (Å²) in [6.07, 6.45) is 1.64. The molecule has 1 aromatic carbocycles. The number of aryl methyl sites for hydroxylation is 2. The maximum Gasteiger partial charge on any atom is 0.212 e. The molecule has 24 heavy (non-hydrogen) atoms. The number of hydrogen-bond acceptors (Lipinski definition) is 5. The molecule has 0 amide bonds. The molecule has 0 unspecified atom stereocenters. The monoisotopic (exact) mass is 380 g/mol. The van der Waals surface area contributed by atoms with Gasteiger partial charge < -0.3 is 4.42 Å². The van der Waals surface area contributed by atoms with E-state index in [1.807, 2.05) is 38.1 Å². The van der Waals surface area contributed by atoms with Crippen LogP contribution < -0.4 is 0 Å². The largest absolute Gasteiger partial charge is 0.460 e. The molecule has 3 aromatic rings. The van der Waals surface area contributed by atoms with E-state index in [0.717, 1.165) is 11.3 Å². The molecule has 0 atom stereocenters. The molecule has 124 valence electrons. The van der Waals surface area contributed by atoms with E-state index in [1.165, 1.54) is 11.8 Å². The molecule has 0 aliphatic heterocycles. The van der Waals surface area contributed by atoms with Crippen molar-refractivity contribution in [3.05, 3.63) is 63.3 Å². The summed E-state index contributed by atoms with van der Waals surface area (Å²) in [4.78, 5) is 0. The SMILES string of the molecule is Cc1ccc(/C=N\n2c(C)nnc2SCc2ccc(Cl)cc2Cl)o1. The van der Waals surface area contributed by atoms with Crippen LogP contribution in [-0.4, -0.2) is 21.1 Å². The third-order valence-electron chi connectivity index (χ3n) is 3.20. The first-order valence-electron chi connectivity index (χ1n) is 7.12. The van der Waals surface area contributed by atoms with Crippen molar-refractivity contribution in [3.8, 4) is 0 Å². The van der Waals surface area contributed by atoms with Gasteiger partial charge in [0, 0.05) is 15.8 Å². The van der Waals surface area contributed by atoms with Gasteiger partial charge in [0.05, 0.1) is 6.21 Å². The molecule has 0 fully saturated rings. The Labute approximate surface area is 153 Å². The lowest BCUT2D eigenvalue weighted by Crippen LogP contribution is -1.96. The van der Waals surface area contributed by atoms with Crippen LogP contribution in [-0.2, 0) is 5.75 Å². The molecule has 8 heteroatoms. The molecular weight excluding hydrogens is 367 g/mol. The van der Waals surface area contributed by atoms with E-state index >= 15 is 0 Å². The number of rotatable bonds is 5. The molecule has 0 aliphatic rings. The quantitative estimate of drug-likeness (QED) is 0.463. The van der Waals surface area contributed by atoms with Crippen molar-refractivity contribution >= 4 is 41.2 Å². The van der Waals surface area contributed by atoms with Crippen LogP contribution in [0.1, 0.15) is 22.9 Å². The van der Waals surface area contributed by atoms with Gasteiger partial charge in [-0.2, -0.15) is 9.78 Å². The molecule has 0 saturated carbocycles. The van der Waals surface area contributed by atoms with Gasteiger partial charge in [-0.1, -0.05) is 41.0 Å². The third-order valence-corrected chi connectivity index (χ3v) is 4.76. The minimum atomic E-state index is 0.617. The van der Waals surface area contributed by atoms with Gasteiger partial charge in [0.1, 0.15) is 11.5 Å². The van der Waals surface area contributed by atoms with Crippen LogP contribution in [0.25, 0.3) is 0 Å². The highest BCUT2D eigenvalue weighted by atomic mass is 35.5. The Bertz CT molecular complexity index is 888. The molecule has 0 aliphatic carbocycles. The topological polar surface area (TPSA) is 56.2 Å². The first-order valence-corrected chi connectivity index (χ1v) is 8.86. The summed E-state index contributed by atoms with van der Waals surface area (Å²) in [6, 6.07) is 9.20. The maximum atomic E-state index is 6.20. The van der Waals surface area contributed by atoms with E-state index in [-0.39, 0.29) is 0 Å². The Morgan fingerprint density at radius 2 is 2.04 bits per heavy atom. The highest BCUT2D eigenvalue weighted by Crippen LogP contribution is 2.28. The lowest BCUT2D eigenvalue weighted by molar-refractivity contribution is 0.527. The van der Waals surface area contributed by atoms with Crippen LogP contribution >= 0.6 is 35.0 Å². The average Bonchev–Trinajstić information content (AvgIpc) is 3.10. The van der Waals surface area contributed by atoms with Crippen LogP contribution in [0, 0.1) is 13.8 Å². The zero-order valence-corrected chi connectivity index (χ0v) is 15.4. The van der Waals surface area contributed by atoms with Crippen molar-refractivity contribution in [3.63, 3.8) is 0 Å². The van der Waals surface area contributed by atoms with Gasteiger partial charge >= 0.3 is 0 Å². The summed E-state index contributed by atoms with van der Waals surface area (Å²) in [6.45, 7) is 3.73. The van der Waals surface area contributed by atoms with Crippen LogP contribution in [0.5, 0.6) is 0 Å². The number of benzene rings is 1. The summed E-state index contributed by atoms with van der Waals surface area (Å²) in [5.41, 5.74) is 0.976. The predicted molar refractivity (Wildman–Crippen MR) is 97.2 cm³/mol. The second kappa shape index (κ2) is 7.42. The van der Waals surface area contributed by atoms with Crippen molar-refractivity contribution in [2.45, 2.75) is 24.8 Å². The summed E-state index contributed by atoms with van der Waals surface area (Å²) < 4.78 is 7.15. The molecule has 0 bridgehead atoms. The van der Waals surface area contributed by atoms with E-state index in [9.17, 15) is 0 Å². The molecule has 2 aromatic heterocycles. The normalized spacial score (nSPS) is 11.5. The zero-order chi connectivity index (χ0) is 17.1. The number of thioether (sulfide) groups is 1. The highest BCUT2D eigenvalue weighted by molar-refractivity contribution is 7.98. The molecule has 0 saturated heterocycles. The molecule has 0 N–H and O–H groups in total. The Morgan fingerprint density at radius 3 is 2.75 bits per heavy atom. The van der Waals surface area contributed by atoms with E-state index in [1.54, 1.807) is 17.0 Å². The molecule has 0 radical (unpaired) electrons. The number of hydrogen-bond donors (Lipinski definition) is 0. The molecular formula is C16H14Cl2N4OS. The van der Waals surface area contributed by atoms with Gasteiger partial charge in [0.25, 0.3) is 0 Å². The fraction of sp³-hybridized carbons (Fsp3) is 0.188. The molecule has 3 rings (SSSR count). The third kappa shape index (κ3) is 4.01. The lowest BCUT2D eigenvalue weighted by atomic mass is 10.2. The second-order valence-electron chi connectivity index (χ2n) is 5.06. The number of aromatic nitrogens is 3. The van der Waals surface area contributed by atoms with Crippen molar-refractivity contribution in [1.29, 1.82) is 0 Å². The Balaban J connectivity index is 1.76. The minimum absolute atomic E-state index is 0.617. The van der Waals surface area contributed by atoms with Gasteiger partial charge in [0.15, 0.2) is 5.82 Å². The Hall–Kier alpha value is -1.76. The van der Waals surface area contributed by atoms with Crippen LogP contribution in [0.2, 0.25) is 10.0 Å². The fourth-order valence-electron chi connectivity index (χ4n) is 1.98. The number of nitrogens with zero attached hydrogens (tertiary/aromatic N) is 4. The first kappa shape index (κ1) is 17.1. The zero-order valence-electron chi connectivity index (χ0n) is 13.0. The number of furan rings is 1. The minimum Gasteiger partial charge on any atom is -0.460 e. The van der Waals surface area contributed by atoms with Gasteiger partial charge in [-0.15, -0.1) is 10.2 Å². The average molecular weight is 381 g/mol. The van der Waals surface area contributed by atoms with Crippen molar-refractivity contribution in [2.24, 2.45) is 5.10 Å². The van der Waals surface area contributed by atoms with Crippen LogP contribution in [0.3, 0.4) is 0 Å². The standard InChI is InChI=1S/C16H14Cl2N4OS/c1-10-3-6-14(23-10)8-19-22-11(2)20-21-16(22)24-9-12-4-5-13(17)7-15(12)18/h3-8H,9H2,1-2H3/b19-8-. The molecule has 0 spiro atoms. The van der Waals surface area contributed by atoms with E-state index in [2.05, 4.69) is 15.3 Å². The highest BCUT2D eigenvalue weighted by Gasteiger charge is 2.10. The molecule has 2 heterocycles. The summed E-state index contributed by atoms with van der Waals surface area (Å²) in [5, 5.41) is 14.6. The van der Waals surface area contributed by atoms with Gasteiger partial charge in [-0.05, 0) is 43.7 Å². The first-order chi connectivity index (χ1) is 11.5. The van der Waals surface area contributed by atoms with E-state index in [0.29, 0.717) is 32.5 Å². The lowest BCUT2D eigenvalue weighted by Gasteiger charge is -2.04. The van der Waals surface area contributed by atoms with E-state index < -0.39 is 0 Å². The summed E-state index contributed by atoms with van der Waals surface area (Å²) in [5.74, 6) is 2.85. The second-order valence-corrected chi connectivity index (χ2v) is 6.85. The van der Waals surface area contributed by atoms with Crippen LogP contribution in [0.15, 0.2) is 45.0 Å². The van der Waals surface area contributed by atoms with Crippen molar-refractivity contribution < 1.29 is 4.42 Å². The van der Waals surface area contributed by atoms with Crippen LogP contribution in [0.4, 0.5) is 0 Å². The van der Waals surface area contributed by atoms with Crippen molar-refractivity contribution in [2.75, 3.05) is 0 Å². The summed E-state index contributed by atoms with van der Waals surface area (Å²) >= 11 is 13.6. The van der Waals surface area contributed by atoms with Gasteiger partial charge in [-0.3, -0.25) is 0 Å².